The molecule has 0 N–H and O–H groups in total. The van der Waals surface area contributed by atoms with E-state index in [1.807, 2.05) is 0 Å². The first kappa shape index (κ1) is 25.5. The molecule has 0 fully saturated rings. The van der Waals surface area contributed by atoms with Gasteiger partial charge >= 0.3 is 0 Å². The van der Waals surface area contributed by atoms with Gasteiger partial charge in [-0.05, 0) is 44.5 Å². The highest BCUT2D eigenvalue weighted by molar-refractivity contribution is 8.09. The fraction of sp³-hybridized carbons (Fsp3) is 0.368. The standard InChI is InChI=1S/C19H24O8S4/c1-16(30(24,25)18-10-5-3-6-11-18)28(20,21)14-9-15-29(22,23)17(2)31(26,27)19-12-7-4-8-13-19/h3-8,10-13,16-17H,9,14-15H2,1-2H3. The maximum atomic E-state index is 12.6. The first-order chi connectivity index (χ1) is 14.2. The molecule has 0 aliphatic heterocycles. The third-order valence-electron chi connectivity index (χ3n) is 4.89. The quantitative estimate of drug-likeness (QED) is 0.474. The van der Waals surface area contributed by atoms with E-state index >= 15 is 0 Å². The fourth-order valence-corrected chi connectivity index (χ4v) is 10.9. The van der Waals surface area contributed by atoms with Crippen molar-refractivity contribution in [1.82, 2.24) is 0 Å². The van der Waals surface area contributed by atoms with Crippen molar-refractivity contribution in [1.29, 1.82) is 0 Å². The van der Waals surface area contributed by atoms with Crippen molar-refractivity contribution in [3.8, 4) is 0 Å². The zero-order valence-corrected chi connectivity index (χ0v) is 20.2. The predicted octanol–water partition coefficient (Wildman–Crippen LogP) is 1.85. The molecule has 2 unspecified atom stereocenters. The second-order valence-electron chi connectivity index (χ2n) is 6.94. The van der Waals surface area contributed by atoms with Crippen LogP contribution < -0.4 is 0 Å². The van der Waals surface area contributed by atoms with Crippen molar-refractivity contribution in [3.63, 3.8) is 0 Å². The van der Waals surface area contributed by atoms with Crippen LogP contribution in [0.15, 0.2) is 70.5 Å². The summed E-state index contributed by atoms with van der Waals surface area (Å²) in [4.78, 5) is -0.303. The summed E-state index contributed by atoms with van der Waals surface area (Å²) < 4.78 is 96.8. The average Bonchev–Trinajstić information content (AvgIpc) is 2.73. The van der Waals surface area contributed by atoms with Gasteiger partial charge in [0, 0.05) is 0 Å². The van der Waals surface area contributed by atoms with Crippen LogP contribution in [0.25, 0.3) is 0 Å². The second-order valence-corrected chi connectivity index (χ2v) is 17.0. The smallest absolute Gasteiger partial charge is 0.195 e. The molecule has 31 heavy (non-hydrogen) atoms. The first-order valence-corrected chi connectivity index (χ1v) is 15.8. The highest BCUT2D eigenvalue weighted by Crippen LogP contribution is 2.23. The summed E-state index contributed by atoms with van der Waals surface area (Å²) in [5.41, 5.74) is 0. The van der Waals surface area contributed by atoms with Gasteiger partial charge in [0.25, 0.3) is 0 Å². The van der Waals surface area contributed by atoms with Gasteiger partial charge in [0.1, 0.15) is 0 Å². The van der Waals surface area contributed by atoms with E-state index in [4.69, 9.17) is 0 Å². The van der Waals surface area contributed by atoms with Gasteiger partial charge in [-0.2, -0.15) is 0 Å². The zero-order valence-electron chi connectivity index (χ0n) is 16.9. The fourth-order valence-electron chi connectivity index (χ4n) is 2.78. The van der Waals surface area contributed by atoms with E-state index < -0.39 is 66.4 Å². The molecule has 0 bridgehead atoms. The third kappa shape index (κ3) is 5.73. The summed E-state index contributed by atoms with van der Waals surface area (Å²) in [5.74, 6) is -1.42. The van der Waals surface area contributed by atoms with Crippen molar-refractivity contribution in [2.45, 2.75) is 39.2 Å². The highest BCUT2D eigenvalue weighted by Gasteiger charge is 2.37. The van der Waals surface area contributed by atoms with E-state index in [0.29, 0.717) is 0 Å². The van der Waals surface area contributed by atoms with Crippen LogP contribution in [0.3, 0.4) is 0 Å². The average molecular weight is 509 g/mol. The molecule has 0 aliphatic carbocycles. The van der Waals surface area contributed by atoms with Gasteiger partial charge in [0.05, 0.1) is 21.3 Å². The van der Waals surface area contributed by atoms with Crippen LogP contribution >= 0.6 is 0 Å². The molecule has 0 heterocycles. The predicted molar refractivity (Wildman–Crippen MR) is 118 cm³/mol. The minimum Gasteiger partial charge on any atom is -0.227 e. The lowest BCUT2D eigenvalue weighted by atomic mass is 10.4. The summed E-state index contributed by atoms with van der Waals surface area (Å²) in [6, 6.07) is 14.2. The van der Waals surface area contributed by atoms with Crippen molar-refractivity contribution in [2.75, 3.05) is 11.5 Å². The highest BCUT2D eigenvalue weighted by atomic mass is 32.3. The minimum absolute atomic E-state index is 0.152. The Morgan fingerprint density at radius 2 is 0.839 bits per heavy atom. The second kappa shape index (κ2) is 9.39. The zero-order chi connectivity index (χ0) is 23.5. The SMILES string of the molecule is CC(S(=O)(=O)CCCS(=O)(=O)C(C)S(=O)(=O)c1ccccc1)S(=O)(=O)c1ccccc1. The molecule has 8 nitrogen and oxygen atoms in total. The van der Waals surface area contributed by atoms with Gasteiger partial charge in [-0.25, -0.2) is 33.7 Å². The van der Waals surface area contributed by atoms with Gasteiger partial charge in [-0.15, -0.1) is 0 Å². The summed E-state index contributed by atoms with van der Waals surface area (Å²) in [5, 5.41) is 0. The van der Waals surface area contributed by atoms with Crippen LogP contribution in [-0.2, 0) is 39.3 Å². The molecular formula is C19H24O8S4. The number of rotatable bonds is 10. The van der Waals surface area contributed by atoms with E-state index in [-0.39, 0.29) is 9.79 Å². The Balaban J connectivity index is 2.12. The summed E-state index contributed by atoms with van der Waals surface area (Å²) in [6.45, 7) is 2.07. The molecule has 0 amide bonds. The molecule has 172 valence electrons. The first-order valence-electron chi connectivity index (χ1n) is 9.24. The summed E-state index contributed by atoms with van der Waals surface area (Å²) >= 11 is 0. The van der Waals surface area contributed by atoms with Gasteiger partial charge in [-0.1, -0.05) is 36.4 Å². The largest absolute Gasteiger partial charge is 0.227 e. The molecule has 0 radical (unpaired) electrons. The molecule has 0 spiro atoms. The lowest BCUT2D eigenvalue weighted by Crippen LogP contribution is -2.32. The maximum Gasteiger partial charge on any atom is 0.195 e. The number of hydrogen-bond acceptors (Lipinski definition) is 8. The van der Waals surface area contributed by atoms with E-state index in [2.05, 4.69) is 0 Å². The van der Waals surface area contributed by atoms with Crippen molar-refractivity contribution < 1.29 is 33.7 Å². The lowest BCUT2D eigenvalue weighted by molar-refractivity contribution is 0.576. The van der Waals surface area contributed by atoms with Crippen LogP contribution in [0.5, 0.6) is 0 Å². The van der Waals surface area contributed by atoms with Crippen molar-refractivity contribution in [3.05, 3.63) is 60.7 Å². The molecule has 2 rings (SSSR count). The molecular weight excluding hydrogens is 484 g/mol. The van der Waals surface area contributed by atoms with Crippen LogP contribution in [0, 0.1) is 0 Å². The van der Waals surface area contributed by atoms with E-state index in [1.165, 1.54) is 48.5 Å². The maximum absolute atomic E-state index is 12.6. The minimum atomic E-state index is -4.20. The monoisotopic (exact) mass is 508 g/mol. The Kier molecular flexibility index (Phi) is 7.72. The number of benzene rings is 2. The number of sulfone groups is 4. The molecule has 0 saturated heterocycles. The normalized spacial score (nSPS) is 15.3. The molecule has 2 aromatic rings. The van der Waals surface area contributed by atoms with Crippen LogP contribution in [0.4, 0.5) is 0 Å². The Morgan fingerprint density at radius 1 is 0.548 bits per heavy atom. The van der Waals surface area contributed by atoms with E-state index in [9.17, 15) is 33.7 Å². The van der Waals surface area contributed by atoms with Gasteiger partial charge in [0.2, 0.25) is 0 Å². The Labute approximate surface area is 184 Å². The van der Waals surface area contributed by atoms with Gasteiger partial charge in [0.15, 0.2) is 48.5 Å². The van der Waals surface area contributed by atoms with Gasteiger partial charge in [-0.3, -0.25) is 0 Å². The van der Waals surface area contributed by atoms with Gasteiger partial charge < -0.3 is 0 Å². The molecule has 2 aromatic carbocycles. The van der Waals surface area contributed by atoms with Crippen molar-refractivity contribution >= 4 is 39.3 Å². The molecule has 2 atom stereocenters. The summed E-state index contributed by atoms with van der Waals surface area (Å²) in [7, 11) is -16.8. The third-order valence-corrected chi connectivity index (χ3v) is 15.5. The molecule has 0 aromatic heterocycles. The van der Waals surface area contributed by atoms with Crippen LogP contribution in [0.2, 0.25) is 0 Å². The van der Waals surface area contributed by atoms with Crippen LogP contribution in [-0.4, -0.2) is 54.3 Å². The van der Waals surface area contributed by atoms with Crippen molar-refractivity contribution in [2.24, 2.45) is 0 Å². The van der Waals surface area contributed by atoms with Crippen LogP contribution in [0.1, 0.15) is 20.3 Å². The molecule has 0 aliphatic rings. The summed E-state index contributed by atoms with van der Waals surface area (Å²) in [6.07, 6.45) is -0.423. The Hall–Kier alpha value is -1.76. The lowest BCUT2D eigenvalue weighted by Gasteiger charge is -2.16. The molecule has 0 saturated carbocycles. The Bertz CT molecular complexity index is 1210. The molecule has 12 heteroatoms. The van der Waals surface area contributed by atoms with E-state index in [1.54, 1.807) is 12.1 Å². The topological polar surface area (TPSA) is 137 Å². The number of hydrogen-bond donors (Lipinski definition) is 0. The van der Waals surface area contributed by atoms with E-state index in [0.717, 1.165) is 13.8 Å². The Morgan fingerprint density at radius 3 is 1.13 bits per heavy atom.